The Labute approximate surface area is 96.8 Å². The number of hydrogen-bond donors (Lipinski definition) is 2. The van der Waals surface area contributed by atoms with Gasteiger partial charge in [0.2, 0.25) is 0 Å². The van der Waals surface area contributed by atoms with Crippen molar-refractivity contribution in [2.24, 2.45) is 5.73 Å². The molecule has 0 aliphatic heterocycles. The Balaban J connectivity index is 2.14. The molecule has 16 heavy (non-hydrogen) atoms. The molecule has 0 amide bonds. The summed E-state index contributed by atoms with van der Waals surface area (Å²) in [6.45, 7) is 0.108. The summed E-state index contributed by atoms with van der Waals surface area (Å²) in [5.74, 6) is 0. The third-order valence-electron chi connectivity index (χ3n) is 3.22. The zero-order valence-corrected chi connectivity index (χ0v) is 9.52. The van der Waals surface area contributed by atoms with E-state index in [1.54, 1.807) is 0 Å². The van der Waals surface area contributed by atoms with E-state index in [1.165, 1.54) is 24.0 Å². The standard InChI is InChI=1S/C14H19NO/c15-14-4-2-1-3-13(14)9-11-5-7-12(10-16)8-6-11/h5-9,14,16H,1-4,10,15H2. The number of benzene rings is 1. The minimum atomic E-state index is 0.108. The topological polar surface area (TPSA) is 46.2 Å². The van der Waals surface area contributed by atoms with Crippen LogP contribution in [0.1, 0.15) is 36.8 Å². The first kappa shape index (κ1) is 11.4. The van der Waals surface area contributed by atoms with Crippen LogP contribution in [-0.4, -0.2) is 11.1 Å². The molecule has 1 aliphatic carbocycles. The van der Waals surface area contributed by atoms with Crippen LogP contribution in [0.3, 0.4) is 0 Å². The molecule has 2 heteroatoms. The van der Waals surface area contributed by atoms with Gasteiger partial charge >= 0.3 is 0 Å². The van der Waals surface area contributed by atoms with Crippen LogP contribution >= 0.6 is 0 Å². The predicted molar refractivity (Wildman–Crippen MR) is 66.8 cm³/mol. The lowest BCUT2D eigenvalue weighted by atomic mass is 9.89. The highest BCUT2D eigenvalue weighted by Gasteiger charge is 2.13. The van der Waals surface area contributed by atoms with E-state index in [0.29, 0.717) is 0 Å². The molecule has 1 saturated carbocycles. The van der Waals surface area contributed by atoms with E-state index in [4.69, 9.17) is 10.8 Å². The average molecular weight is 217 g/mol. The first-order valence-corrected chi connectivity index (χ1v) is 5.95. The number of rotatable bonds is 2. The van der Waals surface area contributed by atoms with Gasteiger partial charge < -0.3 is 10.8 Å². The van der Waals surface area contributed by atoms with E-state index >= 15 is 0 Å². The number of aliphatic hydroxyl groups is 1. The van der Waals surface area contributed by atoms with E-state index < -0.39 is 0 Å². The molecule has 0 saturated heterocycles. The SMILES string of the molecule is NC1CCCCC1=Cc1ccc(CO)cc1. The van der Waals surface area contributed by atoms with Gasteiger partial charge in [0.15, 0.2) is 0 Å². The fourth-order valence-corrected chi connectivity index (χ4v) is 2.18. The zero-order valence-electron chi connectivity index (χ0n) is 9.52. The third kappa shape index (κ3) is 2.71. The van der Waals surface area contributed by atoms with Crippen molar-refractivity contribution in [3.05, 3.63) is 41.0 Å². The lowest BCUT2D eigenvalue weighted by Gasteiger charge is -2.21. The lowest BCUT2D eigenvalue weighted by molar-refractivity contribution is 0.282. The third-order valence-corrected chi connectivity index (χ3v) is 3.22. The molecule has 0 heterocycles. The minimum Gasteiger partial charge on any atom is -0.392 e. The molecule has 2 nitrogen and oxygen atoms in total. The van der Waals surface area contributed by atoms with Crippen molar-refractivity contribution in [1.82, 2.24) is 0 Å². The predicted octanol–water partition coefficient (Wildman–Crippen LogP) is 2.46. The quantitative estimate of drug-likeness (QED) is 0.799. The molecule has 1 aromatic rings. The maximum atomic E-state index is 8.96. The largest absolute Gasteiger partial charge is 0.392 e. The summed E-state index contributed by atoms with van der Waals surface area (Å²) >= 11 is 0. The van der Waals surface area contributed by atoms with Gasteiger partial charge in [-0.25, -0.2) is 0 Å². The first-order valence-electron chi connectivity index (χ1n) is 5.95. The lowest BCUT2D eigenvalue weighted by Crippen LogP contribution is -2.25. The normalized spacial score (nSPS) is 23.6. The molecule has 0 radical (unpaired) electrons. The molecule has 1 atom stereocenters. The second kappa shape index (κ2) is 5.28. The van der Waals surface area contributed by atoms with Gasteiger partial charge in [-0.2, -0.15) is 0 Å². The van der Waals surface area contributed by atoms with E-state index in [2.05, 4.69) is 6.08 Å². The van der Waals surface area contributed by atoms with Gasteiger partial charge in [-0.3, -0.25) is 0 Å². The molecule has 1 aliphatic rings. The van der Waals surface area contributed by atoms with Crippen LogP contribution < -0.4 is 5.73 Å². The number of aliphatic hydroxyl groups excluding tert-OH is 1. The van der Waals surface area contributed by atoms with Gasteiger partial charge in [-0.1, -0.05) is 42.3 Å². The van der Waals surface area contributed by atoms with Crippen LogP contribution in [0.2, 0.25) is 0 Å². The smallest absolute Gasteiger partial charge is 0.0681 e. The van der Waals surface area contributed by atoms with Crippen LogP contribution in [0.4, 0.5) is 0 Å². The second-order valence-corrected chi connectivity index (χ2v) is 4.47. The Morgan fingerprint density at radius 1 is 1.25 bits per heavy atom. The highest BCUT2D eigenvalue weighted by Crippen LogP contribution is 2.24. The van der Waals surface area contributed by atoms with Crippen LogP contribution in [0.15, 0.2) is 29.8 Å². The van der Waals surface area contributed by atoms with Crippen LogP contribution in [0.5, 0.6) is 0 Å². The summed E-state index contributed by atoms with van der Waals surface area (Å²) in [7, 11) is 0. The monoisotopic (exact) mass is 217 g/mol. The van der Waals surface area contributed by atoms with Gasteiger partial charge in [0, 0.05) is 6.04 Å². The van der Waals surface area contributed by atoms with Crippen LogP contribution in [-0.2, 0) is 6.61 Å². The highest BCUT2D eigenvalue weighted by molar-refractivity contribution is 5.54. The van der Waals surface area contributed by atoms with Crippen molar-refractivity contribution < 1.29 is 5.11 Å². The highest BCUT2D eigenvalue weighted by atomic mass is 16.3. The van der Waals surface area contributed by atoms with Crippen molar-refractivity contribution >= 4 is 6.08 Å². The van der Waals surface area contributed by atoms with Crippen molar-refractivity contribution in [3.63, 3.8) is 0 Å². The molecule has 1 aromatic carbocycles. The van der Waals surface area contributed by atoms with Gasteiger partial charge in [0.25, 0.3) is 0 Å². The van der Waals surface area contributed by atoms with E-state index in [1.807, 2.05) is 24.3 Å². The van der Waals surface area contributed by atoms with Gasteiger partial charge in [-0.05, 0) is 30.4 Å². The molecular formula is C14H19NO. The molecule has 1 fully saturated rings. The minimum absolute atomic E-state index is 0.108. The molecule has 0 spiro atoms. The summed E-state index contributed by atoms with van der Waals surface area (Å²) in [6.07, 6.45) is 6.95. The Morgan fingerprint density at radius 2 is 2.00 bits per heavy atom. The fourth-order valence-electron chi connectivity index (χ4n) is 2.18. The summed E-state index contributed by atoms with van der Waals surface area (Å²) in [5.41, 5.74) is 9.58. The van der Waals surface area contributed by atoms with Gasteiger partial charge in [-0.15, -0.1) is 0 Å². The first-order chi connectivity index (χ1) is 7.79. The van der Waals surface area contributed by atoms with Gasteiger partial charge in [0.1, 0.15) is 0 Å². The van der Waals surface area contributed by atoms with Crippen molar-refractivity contribution in [2.45, 2.75) is 38.3 Å². The molecule has 3 N–H and O–H groups in total. The van der Waals surface area contributed by atoms with Crippen LogP contribution in [0.25, 0.3) is 6.08 Å². The number of hydrogen-bond acceptors (Lipinski definition) is 2. The maximum Gasteiger partial charge on any atom is 0.0681 e. The fraction of sp³-hybridized carbons (Fsp3) is 0.429. The van der Waals surface area contributed by atoms with E-state index in [0.717, 1.165) is 18.4 Å². The second-order valence-electron chi connectivity index (χ2n) is 4.47. The van der Waals surface area contributed by atoms with Crippen molar-refractivity contribution in [3.8, 4) is 0 Å². The Morgan fingerprint density at radius 3 is 2.62 bits per heavy atom. The molecule has 0 aromatic heterocycles. The number of nitrogens with two attached hydrogens (primary N) is 1. The Bertz CT molecular complexity index is 367. The van der Waals surface area contributed by atoms with Crippen molar-refractivity contribution in [2.75, 3.05) is 0 Å². The van der Waals surface area contributed by atoms with E-state index in [-0.39, 0.29) is 12.6 Å². The average Bonchev–Trinajstić information content (AvgIpc) is 2.33. The summed E-state index contributed by atoms with van der Waals surface area (Å²) in [6, 6.07) is 8.24. The Hall–Kier alpha value is -1.12. The Kier molecular flexibility index (Phi) is 3.75. The summed E-state index contributed by atoms with van der Waals surface area (Å²) in [5, 5.41) is 8.96. The van der Waals surface area contributed by atoms with Gasteiger partial charge in [0.05, 0.1) is 6.61 Å². The molecular weight excluding hydrogens is 198 g/mol. The molecule has 86 valence electrons. The van der Waals surface area contributed by atoms with E-state index in [9.17, 15) is 0 Å². The summed E-state index contributed by atoms with van der Waals surface area (Å²) in [4.78, 5) is 0. The molecule has 2 rings (SSSR count). The molecule has 1 unspecified atom stereocenters. The van der Waals surface area contributed by atoms with Crippen LogP contribution in [0, 0.1) is 0 Å². The van der Waals surface area contributed by atoms with Crippen molar-refractivity contribution in [1.29, 1.82) is 0 Å². The maximum absolute atomic E-state index is 8.96. The zero-order chi connectivity index (χ0) is 11.4. The summed E-state index contributed by atoms with van der Waals surface area (Å²) < 4.78 is 0. The molecule has 0 bridgehead atoms.